The van der Waals surface area contributed by atoms with Crippen LogP contribution >= 0.6 is 24.8 Å². The van der Waals surface area contributed by atoms with Crippen LogP contribution in [-0.4, -0.2) is 36.2 Å². The topological polar surface area (TPSA) is 35.5 Å². The molecule has 0 saturated carbocycles. The smallest absolute Gasteiger partial charge is 0.165 e. The molecule has 6 heteroatoms. The van der Waals surface area contributed by atoms with E-state index < -0.39 is 5.82 Å². The van der Waals surface area contributed by atoms with Crippen molar-refractivity contribution in [2.45, 2.75) is 6.04 Å². The first kappa shape index (κ1) is 18.2. The Hall–Kier alpha value is -0.810. The molecule has 0 unspecified atom stereocenters. The van der Waals surface area contributed by atoms with E-state index >= 15 is 0 Å². The summed E-state index contributed by atoms with van der Waals surface area (Å²) in [6.07, 6.45) is 1.82. The second kappa shape index (κ2) is 8.38. The number of nitrogens with one attached hydrogen (secondary N) is 1. The largest absolute Gasteiger partial charge is 0.505 e. The average Bonchev–Trinajstić information content (AvgIpc) is 2.36. The summed E-state index contributed by atoms with van der Waals surface area (Å²) >= 11 is 0. The molecular weight excluding hydrogens is 290 g/mol. The quantitative estimate of drug-likeness (QED) is 0.842. The number of rotatable bonds is 3. The molecule has 2 rings (SSSR count). The summed E-state index contributed by atoms with van der Waals surface area (Å²) in [4.78, 5) is 2.25. The van der Waals surface area contributed by atoms with Gasteiger partial charge in [-0.2, -0.15) is 0 Å². The van der Waals surface area contributed by atoms with E-state index in [1.807, 2.05) is 6.08 Å². The molecule has 19 heavy (non-hydrogen) atoms. The summed E-state index contributed by atoms with van der Waals surface area (Å²) in [5, 5.41) is 12.5. The van der Waals surface area contributed by atoms with Crippen molar-refractivity contribution < 1.29 is 9.50 Å². The van der Waals surface area contributed by atoms with E-state index in [0.29, 0.717) is 0 Å². The van der Waals surface area contributed by atoms with E-state index in [2.05, 4.69) is 16.8 Å². The fraction of sp³-hybridized carbons (Fsp3) is 0.385. The molecule has 1 aromatic carbocycles. The van der Waals surface area contributed by atoms with Crippen LogP contribution in [-0.2, 0) is 0 Å². The number of benzene rings is 1. The number of nitrogens with zero attached hydrogens (tertiary/aromatic N) is 1. The monoisotopic (exact) mass is 308 g/mol. The van der Waals surface area contributed by atoms with Gasteiger partial charge < -0.3 is 10.4 Å². The van der Waals surface area contributed by atoms with E-state index in [1.165, 1.54) is 12.1 Å². The SMILES string of the molecule is C=C[C@H](c1ccc(O)c(F)c1)N1CCNCC1.Cl.Cl. The van der Waals surface area contributed by atoms with Crippen molar-refractivity contribution in [2.75, 3.05) is 26.2 Å². The third-order valence-electron chi connectivity index (χ3n) is 3.08. The van der Waals surface area contributed by atoms with Gasteiger partial charge in [0.1, 0.15) is 0 Å². The lowest BCUT2D eigenvalue weighted by molar-refractivity contribution is 0.203. The van der Waals surface area contributed by atoms with Crippen LogP contribution in [0.5, 0.6) is 5.75 Å². The van der Waals surface area contributed by atoms with Gasteiger partial charge in [-0.15, -0.1) is 31.4 Å². The van der Waals surface area contributed by atoms with Crippen LogP contribution in [0.15, 0.2) is 30.9 Å². The molecule has 0 aliphatic carbocycles. The van der Waals surface area contributed by atoms with Crippen molar-refractivity contribution in [3.05, 3.63) is 42.2 Å². The maximum Gasteiger partial charge on any atom is 0.165 e. The van der Waals surface area contributed by atoms with Crippen molar-refractivity contribution >= 4 is 24.8 Å². The predicted molar refractivity (Wildman–Crippen MR) is 79.9 cm³/mol. The average molecular weight is 309 g/mol. The summed E-state index contributed by atoms with van der Waals surface area (Å²) in [6.45, 7) is 7.52. The van der Waals surface area contributed by atoms with Crippen molar-refractivity contribution in [3.63, 3.8) is 0 Å². The highest BCUT2D eigenvalue weighted by atomic mass is 35.5. The normalized spacial score (nSPS) is 16.9. The number of halogens is 3. The molecule has 2 N–H and O–H groups in total. The highest BCUT2D eigenvalue weighted by molar-refractivity contribution is 5.85. The van der Waals surface area contributed by atoms with Crippen molar-refractivity contribution in [3.8, 4) is 5.75 Å². The third kappa shape index (κ3) is 4.35. The fourth-order valence-electron chi connectivity index (χ4n) is 2.16. The molecule has 0 aromatic heterocycles. The molecule has 1 atom stereocenters. The lowest BCUT2D eigenvalue weighted by Gasteiger charge is -2.33. The van der Waals surface area contributed by atoms with E-state index in [-0.39, 0.29) is 36.6 Å². The molecule has 1 saturated heterocycles. The van der Waals surface area contributed by atoms with Gasteiger partial charge in [0.05, 0.1) is 6.04 Å². The van der Waals surface area contributed by atoms with Crippen LogP contribution in [0.2, 0.25) is 0 Å². The molecule has 0 amide bonds. The van der Waals surface area contributed by atoms with Crippen LogP contribution in [0.3, 0.4) is 0 Å². The second-order valence-electron chi connectivity index (χ2n) is 4.18. The molecule has 1 heterocycles. The van der Waals surface area contributed by atoms with Crippen molar-refractivity contribution in [1.82, 2.24) is 10.2 Å². The van der Waals surface area contributed by atoms with E-state index in [9.17, 15) is 9.50 Å². The van der Waals surface area contributed by atoms with Gasteiger partial charge in [0, 0.05) is 26.2 Å². The molecule has 3 nitrogen and oxygen atoms in total. The maximum absolute atomic E-state index is 13.3. The van der Waals surface area contributed by atoms with Gasteiger partial charge in [-0.1, -0.05) is 12.1 Å². The van der Waals surface area contributed by atoms with Gasteiger partial charge in [0.25, 0.3) is 0 Å². The van der Waals surface area contributed by atoms with Crippen LogP contribution in [0.1, 0.15) is 11.6 Å². The minimum absolute atomic E-state index is 0. The number of hydrogen-bond acceptors (Lipinski definition) is 3. The van der Waals surface area contributed by atoms with Gasteiger partial charge in [0.2, 0.25) is 0 Å². The first-order valence-corrected chi connectivity index (χ1v) is 5.78. The number of phenolic OH excluding ortho intramolecular Hbond substituents is 1. The molecule has 0 radical (unpaired) electrons. The van der Waals surface area contributed by atoms with Gasteiger partial charge in [-0.25, -0.2) is 4.39 Å². The number of hydrogen-bond donors (Lipinski definition) is 2. The standard InChI is InChI=1S/C13H17FN2O.2ClH/c1-2-12(16-7-5-15-6-8-16)10-3-4-13(17)11(14)9-10;;/h2-4,9,12,15,17H,1,5-8H2;2*1H/t12-;;/m1../s1. The third-order valence-corrected chi connectivity index (χ3v) is 3.08. The summed E-state index contributed by atoms with van der Waals surface area (Å²) < 4.78 is 13.3. The number of aromatic hydroxyl groups is 1. The van der Waals surface area contributed by atoms with Crippen molar-refractivity contribution in [1.29, 1.82) is 0 Å². The van der Waals surface area contributed by atoms with Crippen molar-refractivity contribution in [2.24, 2.45) is 0 Å². The van der Waals surface area contributed by atoms with Crippen LogP contribution in [0.4, 0.5) is 4.39 Å². The Balaban J connectivity index is 0.00000162. The molecule has 1 aromatic rings. The minimum atomic E-state index is -0.579. The summed E-state index contributed by atoms with van der Waals surface area (Å²) in [7, 11) is 0. The van der Waals surface area contributed by atoms with Gasteiger partial charge >= 0.3 is 0 Å². The molecule has 1 aliphatic heterocycles. The van der Waals surface area contributed by atoms with Crippen LogP contribution < -0.4 is 5.32 Å². The Kier molecular flexibility index (Phi) is 8.02. The summed E-state index contributed by atoms with van der Waals surface area (Å²) in [6, 6.07) is 4.52. The van der Waals surface area contributed by atoms with Gasteiger partial charge in [-0.3, -0.25) is 4.90 Å². The highest BCUT2D eigenvalue weighted by Gasteiger charge is 2.20. The zero-order chi connectivity index (χ0) is 12.3. The summed E-state index contributed by atoms with van der Waals surface area (Å²) in [5.41, 5.74) is 0.831. The molecule has 0 spiro atoms. The van der Waals surface area contributed by atoms with E-state index in [0.717, 1.165) is 31.7 Å². The predicted octanol–water partition coefficient (Wildman–Crippen LogP) is 2.51. The first-order chi connectivity index (χ1) is 8.22. The zero-order valence-electron chi connectivity index (χ0n) is 10.5. The van der Waals surface area contributed by atoms with E-state index in [4.69, 9.17) is 0 Å². The van der Waals surface area contributed by atoms with Gasteiger partial charge in [0.15, 0.2) is 11.6 Å². The molecule has 0 bridgehead atoms. The lowest BCUT2D eigenvalue weighted by Crippen LogP contribution is -2.44. The Morgan fingerprint density at radius 3 is 2.47 bits per heavy atom. The Morgan fingerprint density at radius 2 is 1.95 bits per heavy atom. The molecule has 108 valence electrons. The lowest BCUT2D eigenvalue weighted by atomic mass is 10.0. The highest BCUT2D eigenvalue weighted by Crippen LogP contribution is 2.26. The minimum Gasteiger partial charge on any atom is -0.505 e. The van der Waals surface area contributed by atoms with Crippen LogP contribution in [0, 0.1) is 5.82 Å². The number of piperazine rings is 1. The second-order valence-corrected chi connectivity index (χ2v) is 4.18. The molecule has 1 aliphatic rings. The summed E-state index contributed by atoms with van der Waals surface area (Å²) in [5.74, 6) is -0.888. The fourth-order valence-corrected chi connectivity index (χ4v) is 2.16. The Labute approximate surface area is 125 Å². The first-order valence-electron chi connectivity index (χ1n) is 5.78. The maximum atomic E-state index is 13.3. The zero-order valence-corrected chi connectivity index (χ0v) is 12.1. The Morgan fingerprint density at radius 1 is 1.32 bits per heavy atom. The van der Waals surface area contributed by atoms with Gasteiger partial charge in [-0.05, 0) is 17.7 Å². The molecular formula is C13H19Cl2FN2O. The van der Waals surface area contributed by atoms with Crippen LogP contribution in [0.25, 0.3) is 0 Å². The van der Waals surface area contributed by atoms with E-state index in [1.54, 1.807) is 6.07 Å². The number of phenols is 1. The Bertz CT molecular complexity index is 412. The molecule has 1 fully saturated rings.